The first-order valence-corrected chi connectivity index (χ1v) is 6.15. The van der Waals surface area contributed by atoms with Gasteiger partial charge in [0.05, 0.1) is 11.7 Å². The van der Waals surface area contributed by atoms with E-state index < -0.39 is 23.1 Å². The predicted molar refractivity (Wildman–Crippen MR) is 69.0 cm³/mol. The molecule has 0 saturated heterocycles. The maximum atomic E-state index is 12.8. The van der Waals surface area contributed by atoms with Gasteiger partial charge in [0.2, 0.25) is 0 Å². The van der Waals surface area contributed by atoms with Crippen molar-refractivity contribution in [2.45, 2.75) is 39.0 Å². The molecule has 1 rings (SSSR count). The molecule has 1 unspecified atom stereocenters. The first-order chi connectivity index (χ1) is 9.29. The second kappa shape index (κ2) is 6.49. The second-order valence-electron chi connectivity index (χ2n) is 4.41. The molecule has 0 aliphatic carbocycles. The Morgan fingerprint density at radius 3 is 2.60 bits per heavy atom. The molecule has 0 heterocycles. The molecular formula is C13H17F3N2O2. The zero-order valence-electron chi connectivity index (χ0n) is 11.2. The predicted octanol–water partition coefficient (Wildman–Crippen LogP) is 3.37. The number of rotatable bonds is 5. The highest BCUT2D eigenvalue weighted by atomic mass is 19.4. The fourth-order valence-electron chi connectivity index (χ4n) is 1.81. The highest BCUT2D eigenvalue weighted by Gasteiger charge is 2.34. The van der Waals surface area contributed by atoms with Crippen LogP contribution in [-0.4, -0.2) is 17.1 Å². The average Bonchev–Trinajstić information content (AvgIpc) is 2.36. The minimum atomic E-state index is -4.59. The summed E-state index contributed by atoms with van der Waals surface area (Å²) in [5, 5.41) is 11.2. The van der Waals surface area contributed by atoms with Crippen molar-refractivity contribution in [2.24, 2.45) is 10.9 Å². The Morgan fingerprint density at radius 1 is 1.45 bits per heavy atom. The van der Waals surface area contributed by atoms with E-state index in [0.717, 1.165) is 25.0 Å². The quantitative estimate of drug-likeness (QED) is 0.378. The molecule has 7 heteroatoms. The van der Waals surface area contributed by atoms with Crippen molar-refractivity contribution >= 4 is 5.84 Å². The van der Waals surface area contributed by atoms with Gasteiger partial charge in [-0.1, -0.05) is 18.5 Å². The number of oxime groups is 1. The summed E-state index contributed by atoms with van der Waals surface area (Å²) in [6.07, 6.45) is -3.04. The van der Waals surface area contributed by atoms with E-state index >= 15 is 0 Å². The van der Waals surface area contributed by atoms with Crippen molar-refractivity contribution in [3.8, 4) is 5.75 Å². The fourth-order valence-corrected chi connectivity index (χ4v) is 1.81. The highest BCUT2D eigenvalue weighted by molar-refractivity contribution is 5.99. The number of halogens is 3. The lowest BCUT2D eigenvalue weighted by Gasteiger charge is -2.17. The van der Waals surface area contributed by atoms with Crippen LogP contribution in [-0.2, 0) is 6.18 Å². The first kappa shape index (κ1) is 16.1. The molecular weight excluding hydrogens is 273 g/mol. The van der Waals surface area contributed by atoms with Crippen LogP contribution >= 0.6 is 0 Å². The zero-order chi connectivity index (χ0) is 15.3. The lowest BCUT2D eigenvalue weighted by Crippen LogP contribution is -2.20. The summed E-state index contributed by atoms with van der Waals surface area (Å²) >= 11 is 0. The molecule has 0 amide bonds. The minimum absolute atomic E-state index is 0.128. The molecule has 3 N–H and O–H groups in total. The van der Waals surface area contributed by atoms with E-state index in [9.17, 15) is 13.2 Å². The third kappa shape index (κ3) is 4.04. The van der Waals surface area contributed by atoms with Crippen LogP contribution in [0.5, 0.6) is 5.75 Å². The Kier molecular flexibility index (Phi) is 5.24. The molecule has 1 aromatic carbocycles. The maximum absolute atomic E-state index is 12.8. The van der Waals surface area contributed by atoms with Gasteiger partial charge in [-0.25, -0.2) is 0 Å². The fraction of sp³-hybridized carbons (Fsp3) is 0.462. The van der Waals surface area contributed by atoms with Gasteiger partial charge in [-0.2, -0.15) is 13.2 Å². The number of alkyl halides is 3. The van der Waals surface area contributed by atoms with Crippen LogP contribution in [0.2, 0.25) is 0 Å². The Morgan fingerprint density at radius 2 is 2.10 bits per heavy atom. The molecule has 0 aliphatic heterocycles. The monoisotopic (exact) mass is 290 g/mol. The van der Waals surface area contributed by atoms with Crippen molar-refractivity contribution in [1.29, 1.82) is 0 Å². The third-order valence-electron chi connectivity index (χ3n) is 2.71. The molecule has 0 bridgehead atoms. The summed E-state index contributed by atoms with van der Waals surface area (Å²) in [5.41, 5.74) is 3.92. The normalized spacial score (nSPS) is 14.2. The van der Waals surface area contributed by atoms with Gasteiger partial charge >= 0.3 is 6.18 Å². The smallest absolute Gasteiger partial charge is 0.417 e. The van der Waals surface area contributed by atoms with Crippen LogP contribution in [0.15, 0.2) is 23.4 Å². The van der Waals surface area contributed by atoms with E-state index in [0.29, 0.717) is 0 Å². The van der Waals surface area contributed by atoms with Gasteiger partial charge in [-0.3, -0.25) is 0 Å². The van der Waals surface area contributed by atoms with E-state index in [1.165, 1.54) is 6.07 Å². The molecule has 0 fully saturated rings. The van der Waals surface area contributed by atoms with Gasteiger partial charge in [-0.15, -0.1) is 0 Å². The number of nitrogens with zero attached hydrogens (tertiary/aromatic N) is 1. The molecule has 1 atom stereocenters. The van der Waals surface area contributed by atoms with Crippen LogP contribution in [0.4, 0.5) is 13.2 Å². The van der Waals surface area contributed by atoms with E-state index in [2.05, 4.69) is 5.16 Å². The summed E-state index contributed by atoms with van der Waals surface area (Å²) in [6, 6.07) is 3.22. The van der Waals surface area contributed by atoms with Crippen molar-refractivity contribution in [3.05, 3.63) is 29.3 Å². The van der Waals surface area contributed by atoms with Crippen LogP contribution in [0.25, 0.3) is 0 Å². The van der Waals surface area contributed by atoms with Gasteiger partial charge in [0.1, 0.15) is 5.75 Å². The summed E-state index contributed by atoms with van der Waals surface area (Å²) in [4.78, 5) is 0. The topological polar surface area (TPSA) is 67.8 Å². The van der Waals surface area contributed by atoms with E-state index in [1.807, 2.05) is 13.8 Å². The largest absolute Gasteiger partial charge is 0.491 e. The standard InChI is InChI=1S/C13H17F3N2O2/c1-3-4-8(2)20-9-5-6-11(13(14,15)16)10(7-9)12(17)18-19/h5-8,19H,3-4H2,1-2H3,(H2,17,18). The summed E-state index contributed by atoms with van der Waals surface area (Å²) in [7, 11) is 0. The third-order valence-corrected chi connectivity index (χ3v) is 2.71. The Balaban J connectivity index is 3.15. The second-order valence-corrected chi connectivity index (χ2v) is 4.41. The van der Waals surface area contributed by atoms with Crippen molar-refractivity contribution in [3.63, 3.8) is 0 Å². The number of ether oxygens (including phenoxy) is 1. The SMILES string of the molecule is CCCC(C)Oc1ccc(C(F)(F)F)c(/C(N)=N/O)c1. The van der Waals surface area contributed by atoms with Gasteiger partial charge in [0, 0.05) is 5.56 Å². The number of benzene rings is 1. The summed E-state index contributed by atoms with van der Waals surface area (Å²) in [6.45, 7) is 3.80. The lowest BCUT2D eigenvalue weighted by molar-refractivity contribution is -0.137. The van der Waals surface area contributed by atoms with E-state index in [-0.39, 0.29) is 11.9 Å². The van der Waals surface area contributed by atoms with E-state index in [1.54, 1.807) is 0 Å². The molecule has 0 spiro atoms. The Bertz CT molecular complexity index is 487. The molecule has 112 valence electrons. The zero-order valence-corrected chi connectivity index (χ0v) is 11.2. The molecule has 4 nitrogen and oxygen atoms in total. The van der Waals surface area contributed by atoms with E-state index in [4.69, 9.17) is 15.7 Å². The van der Waals surface area contributed by atoms with Gasteiger partial charge in [-0.05, 0) is 31.5 Å². The highest BCUT2D eigenvalue weighted by Crippen LogP contribution is 2.34. The van der Waals surface area contributed by atoms with Gasteiger partial charge in [0.15, 0.2) is 5.84 Å². The first-order valence-electron chi connectivity index (χ1n) is 6.15. The molecule has 0 radical (unpaired) electrons. The number of hydrogen-bond donors (Lipinski definition) is 2. The molecule has 0 saturated carbocycles. The van der Waals surface area contributed by atoms with Gasteiger partial charge < -0.3 is 15.7 Å². The molecule has 0 aliphatic rings. The van der Waals surface area contributed by atoms with Crippen LogP contribution in [0.3, 0.4) is 0 Å². The summed E-state index contributed by atoms with van der Waals surface area (Å²) in [5.74, 6) is -0.355. The summed E-state index contributed by atoms with van der Waals surface area (Å²) < 4.78 is 44.0. The Hall–Kier alpha value is -1.92. The van der Waals surface area contributed by atoms with Gasteiger partial charge in [0.25, 0.3) is 0 Å². The van der Waals surface area contributed by atoms with Crippen LogP contribution in [0.1, 0.15) is 37.8 Å². The molecule has 20 heavy (non-hydrogen) atoms. The van der Waals surface area contributed by atoms with Crippen molar-refractivity contribution in [1.82, 2.24) is 0 Å². The maximum Gasteiger partial charge on any atom is 0.417 e. The lowest BCUT2D eigenvalue weighted by atomic mass is 10.1. The Labute approximate surface area is 115 Å². The minimum Gasteiger partial charge on any atom is -0.491 e. The number of hydrogen-bond acceptors (Lipinski definition) is 3. The average molecular weight is 290 g/mol. The van der Waals surface area contributed by atoms with Crippen molar-refractivity contribution < 1.29 is 23.1 Å². The number of amidine groups is 1. The number of nitrogens with two attached hydrogens (primary N) is 1. The van der Waals surface area contributed by atoms with Crippen molar-refractivity contribution in [2.75, 3.05) is 0 Å². The molecule has 0 aromatic heterocycles. The van der Waals surface area contributed by atoms with Crippen LogP contribution < -0.4 is 10.5 Å². The molecule has 1 aromatic rings. The van der Waals surface area contributed by atoms with Crippen LogP contribution in [0, 0.1) is 0 Å².